The van der Waals surface area contributed by atoms with Crippen molar-refractivity contribution in [3.63, 3.8) is 0 Å². The fourth-order valence-corrected chi connectivity index (χ4v) is 14.2. The average molecular weight is 758 g/mol. The molecule has 0 fully saturated rings. The number of rotatable bonds is 6. The lowest BCUT2D eigenvalue weighted by Gasteiger charge is -2.34. The van der Waals surface area contributed by atoms with Crippen molar-refractivity contribution < 1.29 is 0 Å². The molecule has 274 valence electrons. The van der Waals surface area contributed by atoms with Gasteiger partial charge in [-0.3, -0.25) is 0 Å². The lowest BCUT2D eigenvalue weighted by Crippen LogP contribution is -2.74. The van der Waals surface area contributed by atoms with Crippen LogP contribution >= 0.6 is 0 Å². The highest BCUT2D eigenvalue weighted by Crippen LogP contribution is 2.51. The SMILES string of the molecule is c1ccc(N2c3ccccc3N(c3ccccc3)c3cccc4c5cc([Si](c6ccccc6)(c6ccccc6)c6ccccc6)ccc5n(c34)-c3ccccc32)cc1. The van der Waals surface area contributed by atoms with Crippen molar-refractivity contribution in [1.29, 1.82) is 0 Å². The number of nitrogens with zero attached hydrogens (tertiary/aromatic N) is 3. The Balaban J connectivity index is 1.30. The molecule has 0 saturated carbocycles. The topological polar surface area (TPSA) is 11.4 Å². The lowest BCUT2D eigenvalue weighted by atomic mass is 10.1. The summed E-state index contributed by atoms with van der Waals surface area (Å²) in [5, 5.41) is 7.89. The van der Waals surface area contributed by atoms with Gasteiger partial charge in [-0.05, 0) is 81.4 Å². The van der Waals surface area contributed by atoms with Crippen LogP contribution in [-0.4, -0.2) is 12.6 Å². The minimum Gasteiger partial charge on any atom is -0.306 e. The second-order valence-corrected chi connectivity index (χ2v) is 18.7. The number of hydrogen-bond acceptors (Lipinski definition) is 2. The van der Waals surface area contributed by atoms with Gasteiger partial charge in [0.05, 0.1) is 39.5 Å². The molecule has 10 aromatic rings. The van der Waals surface area contributed by atoms with Crippen LogP contribution in [0.2, 0.25) is 0 Å². The third kappa shape index (κ3) is 5.19. The largest absolute Gasteiger partial charge is 0.306 e. The predicted molar refractivity (Wildman–Crippen MR) is 247 cm³/mol. The second-order valence-electron chi connectivity index (χ2n) is 14.9. The Labute approximate surface area is 340 Å². The standard InChI is InChI=1S/C54H39N3Si/c1-6-21-40(22-7-1)55-49-32-16-17-33-50(49)56(41-23-8-2-9-24-41)53-36-20-31-46-47-39-45(37-38-48(47)57(54(46)53)52-35-19-18-34-51(52)55)58(42-25-10-3-11-26-42,43-27-12-4-13-28-43)44-29-14-5-15-30-44/h1-39H. The molecular formula is C54H39N3Si. The van der Waals surface area contributed by atoms with Crippen LogP contribution in [-0.2, 0) is 0 Å². The van der Waals surface area contributed by atoms with Gasteiger partial charge in [0.25, 0.3) is 0 Å². The van der Waals surface area contributed by atoms with Crippen molar-refractivity contribution in [3.05, 3.63) is 237 Å². The van der Waals surface area contributed by atoms with E-state index in [4.69, 9.17) is 0 Å². The van der Waals surface area contributed by atoms with Gasteiger partial charge in [0.1, 0.15) is 0 Å². The molecule has 0 spiro atoms. The van der Waals surface area contributed by atoms with Gasteiger partial charge in [-0.1, -0.05) is 176 Å². The van der Waals surface area contributed by atoms with Crippen molar-refractivity contribution in [2.75, 3.05) is 9.80 Å². The molecule has 1 aromatic heterocycles. The molecule has 1 aliphatic rings. The highest BCUT2D eigenvalue weighted by atomic mass is 28.3. The minimum absolute atomic E-state index is 1.10. The van der Waals surface area contributed by atoms with Crippen LogP contribution in [0.5, 0.6) is 0 Å². The van der Waals surface area contributed by atoms with E-state index < -0.39 is 8.07 Å². The molecule has 9 aromatic carbocycles. The van der Waals surface area contributed by atoms with E-state index in [9.17, 15) is 0 Å². The Hall–Kier alpha value is -7.40. The molecule has 0 unspecified atom stereocenters. The average Bonchev–Trinajstić information content (AvgIpc) is 3.65. The summed E-state index contributed by atoms with van der Waals surface area (Å²) >= 11 is 0. The first-order valence-corrected chi connectivity index (χ1v) is 22.0. The Morgan fingerprint density at radius 2 is 0.672 bits per heavy atom. The summed E-state index contributed by atoms with van der Waals surface area (Å²) < 4.78 is 2.52. The first kappa shape index (κ1) is 33.9. The van der Waals surface area contributed by atoms with E-state index in [0.29, 0.717) is 0 Å². The van der Waals surface area contributed by atoms with Crippen molar-refractivity contribution in [2.24, 2.45) is 0 Å². The van der Waals surface area contributed by atoms with Crippen LogP contribution in [0.3, 0.4) is 0 Å². The van der Waals surface area contributed by atoms with Crippen LogP contribution in [0.4, 0.5) is 34.1 Å². The number of benzene rings is 9. The summed E-state index contributed by atoms with van der Waals surface area (Å²) in [6.45, 7) is 0. The molecular weight excluding hydrogens is 719 g/mol. The van der Waals surface area contributed by atoms with Gasteiger partial charge in [0.2, 0.25) is 0 Å². The maximum Gasteiger partial charge on any atom is 0.179 e. The van der Waals surface area contributed by atoms with E-state index in [2.05, 4.69) is 251 Å². The molecule has 3 nitrogen and oxygen atoms in total. The monoisotopic (exact) mass is 757 g/mol. The fourth-order valence-electron chi connectivity index (χ4n) is 9.43. The fraction of sp³-hybridized carbons (Fsp3) is 0. The zero-order chi connectivity index (χ0) is 38.5. The normalized spacial score (nSPS) is 12.4. The minimum atomic E-state index is -2.80. The summed E-state index contributed by atoms with van der Waals surface area (Å²) in [6.07, 6.45) is 0. The van der Waals surface area contributed by atoms with E-state index in [-0.39, 0.29) is 0 Å². The van der Waals surface area contributed by atoms with E-state index >= 15 is 0 Å². The summed E-state index contributed by atoms with van der Waals surface area (Å²) in [5.41, 5.74) is 10.1. The first-order valence-electron chi connectivity index (χ1n) is 20.0. The lowest BCUT2D eigenvalue weighted by molar-refractivity contribution is 1.15. The summed E-state index contributed by atoms with van der Waals surface area (Å²) in [7, 11) is -2.80. The van der Waals surface area contributed by atoms with Crippen molar-refractivity contribution in [3.8, 4) is 5.69 Å². The number of para-hydroxylation sites is 7. The number of fused-ring (bicyclic) bond motifs is 6. The smallest absolute Gasteiger partial charge is 0.179 e. The molecule has 0 aliphatic carbocycles. The highest BCUT2D eigenvalue weighted by molar-refractivity contribution is 7.20. The highest BCUT2D eigenvalue weighted by Gasteiger charge is 2.42. The zero-order valence-corrected chi connectivity index (χ0v) is 32.9. The summed E-state index contributed by atoms with van der Waals surface area (Å²) in [6, 6.07) is 87.1. The Morgan fingerprint density at radius 3 is 1.17 bits per heavy atom. The maximum atomic E-state index is 2.53. The Kier molecular flexibility index (Phi) is 8.16. The van der Waals surface area contributed by atoms with Crippen LogP contribution < -0.4 is 30.5 Å². The molecule has 2 heterocycles. The van der Waals surface area contributed by atoms with Crippen LogP contribution in [0.1, 0.15) is 0 Å². The van der Waals surface area contributed by atoms with Gasteiger partial charge in [0, 0.05) is 22.1 Å². The van der Waals surface area contributed by atoms with Crippen molar-refractivity contribution in [2.45, 2.75) is 0 Å². The number of hydrogen-bond donors (Lipinski definition) is 0. The summed E-state index contributed by atoms with van der Waals surface area (Å²) in [5.74, 6) is 0. The predicted octanol–water partition coefficient (Wildman–Crippen LogP) is 11.4. The van der Waals surface area contributed by atoms with Crippen LogP contribution in [0.25, 0.3) is 27.5 Å². The third-order valence-electron chi connectivity index (χ3n) is 11.8. The molecule has 0 radical (unpaired) electrons. The first-order chi connectivity index (χ1) is 28.8. The quantitative estimate of drug-likeness (QED) is 0.124. The zero-order valence-electron chi connectivity index (χ0n) is 31.9. The maximum absolute atomic E-state index is 2.80. The van der Waals surface area contributed by atoms with E-state index in [1.165, 1.54) is 42.6 Å². The molecule has 0 atom stereocenters. The van der Waals surface area contributed by atoms with Crippen molar-refractivity contribution in [1.82, 2.24) is 4.57 Å². The summed E-state index contributed by atoms with van der Waals surface area (Å²) in [4.78, 5) is 4.88. The number of aromatic nitrogens is 1. The second kappa shape index (κ2) is 14.0. The molecule has 0 saturated heterocycles. The van der Waals surface area contributed by atoms with Crippen LogP contribution in [0, 0.1) is 0 Å². The van der Waals surface area contributed by atoms with Crippen molar-refractivity contribution >= 4 is 84.8 Å². The van der Waals surface area contributed by atoms with Gasteiger partial charge in [0.15, 0.2) is 8.07 Å². The van der Waals surface area contributed by atoms with E-state index in [1.54, 1.807) is 0 Å². The van der Waals surface area contributed by atoms with Gasteiger partial charge in [-0.15, -0.1) is 0 Å². The molecule has 0 N–H and O–H groups in total. The Morgan fingerprint density at radius 1 is 0.276 bits per heavy atom. The van der Waals surface area contributed by atoms with E-state index in [1.807, 2.05) is 0 Å². The molecule has 0 amide bonds. The molecule has 0 bridgehead atoms. The van der Waals surface area contributed by atoms with E-state index in [0.717, 1.165) is 39.8 Å². The molecule has 1 aliphatic heterocycles. The van der Waals surface area contributed by atoms with Gasteiger partial charge >= 0.3 is 0 Å². The van der Waals surface area contributed by atoms with Gasteiger partial charge in [-0.2, -0.15) is 0 Å². The molecule has 11 rings (SSSR count). The number of anilines is 6. The Bertz CT molecular complexity index is 2960. The molecule has 4 heteroatoms. The third-order valence-corrected chi connectivity index (χ3v) is 16.6. The van der Waals surface area contributed by atoms with Gasteiger partial charge in [-0.25, -0.2) is 0 Å². The van der Waals surface area contributed by atoms with Crippen LogP contribution in [0.15, 0.2) is 237 Å². The van der Waals surface area contributed by atoms with Gasteiger partial charge < -0.3 is 14.4 Å². The molecule has 58 heavy (non-hydrogen) atoms.